The molecule has 0 heterocycles. The highest BCUT2D eigenvalue weighted by Gasteiger charge is 2.31. The van der Waals surface area contributed by atoms with E-state index in [2.05, 4.69) is 26.5 Å². The van der Waals surface area contributed by atoms with E-state index in [-0.39, 0.29) is 6.10 Å². The standard InChI is InChI=1S/C25H32O4Si/c1-6-30(7-2,8-3)29-24(21-15-17-22(27-5)18-16-21)19-14-20(4)25(26)28-23-12-10-9-11-13-23/h9-13,15-19,24H,6-8H2,1-5H3. The lowest BCUT2D eigenvalue weighted by Gasteiger charge is -2.32. The van der Waals surface area contributed by atoms with Crippen LogP contribution in [-0.4, -0.2) is 21.4 Å². The molecule has 0 aliphatic rings. The second kappa shape index (κ2) is 11.6. The van der Waals surface area contributed by atoms with Gasteiger partial charge in [0.05, 0.1) is 18.8 Å². The molecule has 1 atom stereocenters. The molecule has 2 aromatic carbocycles. The maximum Gasteiger partial charge on any atom is 0.346 e. The largest absolute Gasteiger partial charge is 0.497 e. The molecule has 0 aromatic heterocycles. The van der Waals surface area contributed by atoms with E-state index >= 15 is 0 Å². The van der Waals surface area contributed by atoms with Gasteiger partial charge in [-0.15, -0.1) is 5.73 Å². The summed E-state index contributed by atoms with van der Waals surface area (Å²) in [6.07, 6.45) is 1.56. The first kappa shape index (κ1) is 23.7. The predicted molar refractivity (Wildman–Crippen MR) is 123 cm³/mol. The molecule has 0 bridgehead atoms. The zero-order chi connectivity index (χ0) is 22.0. The molecule has 0 aliphatic heterocycles. The van der Waals surface area contributed by atoms with Gasteiger partial charge in [-0.2, -0.15) is 0 Å². The van der Waals surface area contributed by atoms with Crippen LogP contribution < -0.4 is 9.47 Å². The van der Waals surface area contributed by atoms with Crippen LogP contribution in [0.3, 0.4) is 0 Å². The van der Waals surface area contributed by atoms with E-state index in [1.54, 1.807) is 26.2 Å². The van der Waals surface area contributed by atoms with Gasteiger partial charge in [-0.25, -0.2) is 4.79 Å². The van der Waals surface area contributed by atoms with Crippen molar-refractivity contribution in [3.63, 3.8) is 0 Å². The molecule has 0 radical (unpaired) electrons. The second-order valence-electron chi connectivity index (χ2n) is 7.19. The van der Waals surface area contributed by atoms with Crippen LogP contribution in [0.1, 0.15) is 39.4 Å². The quantitative estimate of drug-likeness (QED) is 0.144. The number of ether oxygens (including phenoxy) is 2. The maximum atomic E-state index is 12.4. The Balaban J connectivity index is 2.32. The summed E-state index contributed by atoms with van der Waals surface area (Å²) in [5.74, 6) is 0.890. The minimum Gasteiger partial charge on any atom is -0.497 e. The first-order valence-electron chi connectivity index (χ1n) is 10.5. The van der Waals surface area contributed by atoms with Crippen molar-refractivity contribution in [1.29, 1.82) is 0 Å². The van der Waals surface area contributed by atoms with Crippen LogP contribution in [0, 0.1) is 0 Å². The lowest BCUT2D eigenvalue weighted by atomic mass is 10.1. The third-order valence-electron chi connectivity index (χ3n) is 5.47. The van der Waals surface area contributed by atoms with Crippen molar-refractivity contribution < 1.29 is 18.7 Å². The first-order chi connectivity index (χ1) is 14.5. The fraction of sp³-hybridized carbons (Fsp3) is 0.360. The molecule has 0 N–H and O–H groups in total. The van der Waals surface area contributed by atoms with Crippen molar-refractivity contribution in [1.82, 2.24) is 0 Å². The number of para-hydroxylation sites is 1. The Labute approximate surface area is 181 Å². The number of esters is 1. The Bertz CT molecular complexity index is 856. The molecule has 4 nitrogen and oxygen atoms in total. The first-order valence-corrected chi connectivity index (χ1v) is 13.0. The predicted octanol–water partition coefficient (Wildman–Crippen LogP) is 6.47. The van der Waals surface area contributed by atoms with Crippen LogP contribution in [0.4, 0.5) is 0 Å². The Morgan fingerprint density at radius 2 is 1.57 bits per heavy atom. The smallest absolute Gasteiger partial charge is 0.346 e. The van der Waals surface area contributed by atoms with Crippen LogP contribution >= 0.6 is 0 Å². The summed E-state index contributed by atoms with van der Waals surface area (Å²) < 4.78 is 17.4. The average Bonchev–Trinajstić information content (AvgIpc) is 2.80. The SMILES string of the molecule is CC[Si](CC)(CC)OC(C=C=C(C)C(=O)Oc1ccccc1)c1ccc(OC)cc1. The van der Waals surface area contributed by atoms with Gasteiger partial charge in [-0.3, -0.25) is 0 Å². The lowest BCUT2D eigenvalue weighted by molar-refractivity contribution is -0.130. The summed E-state index contributed by atoms with van der Waals surface area (Å²) in [4.78, 5) is 12.4. The molecule has 2 rings (SSSR count). The molecule has 0 saturated carbocycles. The number of hydrogen-bond donors (Lipinski definition) is 0. The van der Waals surface area contributed by atoms with Crippen molar-refractivity contribution >= 4 is 14.3 Å². The van der Waals surface area contributed by atoms with Gasteiger partial charge in [-0.1, -0.05) is 51.1 Å². The Morgan fingerprint density at radius 1 is 0.967 bits per heavy atom. The third kappa shape index (κ3) is 6.46. The van der Waals surface area contributed by atoms with E-state index in [0.29, 0.717) is 11.3 Å². The maximum absolute atomic E-state index is 12.4. The van der Waals surface area contributed by atoms with Crippen molar-refractivity contribution in [3.05, 3.63) is 77.5 Å². The van der Waals surface area contributed by atoms with Crippen molar-refractivity contribution in [3.8, 4) is 11.5 Å². The van der Waals surface area contributed by atoms with E-state index in [1.165, 1.54) is 0 Å². The van der Waals surface area contributed by atoms with E-state index < -0.39 is 14.3 Å². The van der Waals surface area contributed by atoms with Crippen LogP contribution in [0.5, 0.6) is 11.5 Å². The van der Waals surface area contributed by atoms with Crippen molar-refractivity contribution in [2.24, 2.45) is 0 Å². The molecular weight excluding hydrogens is 392 g/mol. The molecule has 0 aliphatic carbocycles. The van der Waals surface area contributed by atoms with E-state index in [1.807, 2.05) is 48.5 Å². The van der Waals surface area contributed by atoms with Gasteiger partial charge in [-0.05, 0) is 61.0 Å². The van der Waals surface area contributed by atoms with Crippen molar-refractivity contribution in [2.75, 3.05) is 7.11 Å². The zero-order valence-corrected chi connectivity index (χ0v) is 19.6. The fourth-order valence-electron chi connectivity index (χ4n) is 3.19. The molecule has 1 unspecified atom stereocenters. The van der Waals surface area contributed by atoms with E-state index in [9.17, 15) is 4.79 Å². The molecular formula is C25H32O4Si. The normalized spacial score (nSPS) is 11.9. The van der Waals surface area contributed by atoms with Gasteiger partial charge in [0.25, 0.3) is 0 Å². The molecule has 160 valence electrons. The zero-order valence-electron chi connectivity index (χ0n) is 18.6. The summed E-state index contributed by atoms with van der Waals surface area (Å²) in [6.45, 7) is 8.31. The molecule has 0 saturated heterocycles. The highest BCUT2D eigenvalue weighted by atomic mass is 28.4. The summed E-state index contributed by atoms with van der Waals surface area (Å²) in [5, 5.41) is 0. The number of hydrogen-bond acceptors (Lipinski definition) is 4. The van der Waals surface area contributed by atoms with Gasteiger partial charge in [0.15, 0.2) is 8.32 Å². The summed E-state index contributed by atoms with van der Waals surface area (Å²) >= 11 is 0. The topological polar surface area (TPSA) is 44.8 Å². The van der Waals surface area contributed by atoms with Crippen LogP contribution in [-0.2, 0) is 9.22 Å². The minimum atomic E-state index is -1.87. The van der Waals surface area contributed by atoms with Gasteiger partial charge >= 0.3 is 5.97 Å². The molecule has 0 fully saturated rings. The van der Waals surface area contributed by atoms with Crippen LogP contribution in [0.2, 0.25) is 18.1 Å². The van der Waals surface area contributed by atoms with Crippen LogP contribution in [0.15, 0.2) is 72.0 Å². The van der Waals surface area contributed by atoms with Gasteiger partial charge < -0.3 is 13.9 Å². The lowest BCUT2D eigenvalue weighted by Crippen LogP contribution is -2.36. The number of carbonyl (C=O) groups is 1. The van der Waals surface area contributed by atoms with Crippen LogP contribution in [0.25, 0.3) is 0 Å². The van der Waals surface area contributed by atoms with Crippen molar-refractivity contribution in [2.45, 2.75) is 51.9 Å². The molecule has 0 amide bonds. The number of rotatable bonds is 10. The van der Waals surface area contributed by atoms with E-state index in [0.717, 1.165) is 29.4 Å². The number of benzene rings is 2. The molecule has 2 aromatic rings. The number of methoxy groups -OCH3 is 1. The molecule has 30 heavy (non-hydrogen) atoms. The monoisotopic (exact) mass is 424 g/mol. The van der Waals surface area contributed by atoms with E-state index in [4.69, 9.17) is 13.9 Å². The summed E-state index contributed by atoms with van der Waals surface area (Å²) in [5.41, 5.74) is 4.52. The number of carbonyl (C=O) groups excluding carboxylic acids is 1. The Kier molecular flexibility index (Phi) is 9.12. The average molecular weight is 425 g/mol. The summed E-state index contributed by atoms with van der Waals surface area (Å²) in [7, 11) is -0.224. The minimum absolute atomic E-state index is 0.276. The highest BCUT2D eigenvalue weighted by molar-refractivity contribution is 6.73. The molecule has 0 spiro atoms. The fourth-order valence-corrected chi connectivity index (χ4v) is 5.94. The van der Waals surface area contributed by atoms with Gasteiger partial charge in [0.2, 0.25) is 0 Å². The summed E-state index contributed by atoms with van der Waals surface area (Å²) in [6, 6.07) is 20.0. The third-order valence-corrected chi connectivity index (χ3v) is 10.1. The Morgan fingerprint density at radius 3 is 2.10 bits per heavy atom. The second-order valence-corrected chi connectivity index (χ2v) is 11.9. The highest BCUT2D eigenvalue weighted by Crippen LogP contribution is 2.31. The van der Waals surface area contributed by atoms with Gasteiger partial charge in [0, 0.05) is 0 Å². The van der Waals surface area contributed by atoms with Gasteiger partial charge in [0.1, 0.15) is 11.5 Å². The Hall–Kier alpha value is -2.59. The molecule has 5 heteroatoms.